The van der Waals surface area contributed by atoms with Crippen LogP contribution in [0.5, 0.6) is 5.75 Å². The molecule has 1 heterocycles. The van der Waals surface area contributed by atoms with E-state index >= 15 is 0 Å². The minimum absolute atomic E-state index is 0.0691. The predicted molar refractivity (Wildman–Crippen MR) is 85.4 cm³/mol. The lowest BCUT2D eigenvalue weighted by Gasteiger charge is -2.07. The molecule has 1 amide bonds. The van der Waals surface area contributed by atoms with Crippen molar-refractivity contribution < 1.29 is 9.53 Å². The molecule has 3 nitrogen and oxygen atoms in total. The molecule has 0 aliphatic carbocycles. The molecule has 106 valence electrons. The number of amides is 1. The summed E-state index contributed by atoms with van der Waals surface area (Å²) in [6.07, 6.45) is 0. The van der Waals surface area contributed by atoms with Gasteiger partial charge in [0.25, 0.3) is 5.91 Å². The molecule has 5 heteroatoms. The molecule has 0 fully saturated rings. The van der Waals surface area contributed by atoms with Gasteiger partial charge >= 0.3 is 0 Å². The number of hydrogen-bond acceptors (Lipinski definition) is 4. The first-order chi connectivity index (χ1) is 9.84. The lowest BCUT2D eigenvalue weighted by Crippen LogP contribution is -2.30. The zero-order valence-corrected chi connectivity index (χ0v) is 12.7. The monoisotopic (exact) mass is 307 g/mol. The zero-order valence-electron chi connectivity index (χ0n) is 11.1. The minimum atomic E-state index is -0.0782. The molecule has 0 atom stereocenters. The molecule has 1 N–H and O–H groups in total. The van der Waals surface area contributed by atoms with Crippen LogP contribution in [0, 0.1) is 0 Å². The van der Waals surface area contributed by atoms with Crippen molar-refractivity contribution in [1.29, 1.82) is 0 Å². The molecular weight excluding hydrogens is 290 g/mol. The number of nitrogens with one attached hydrogen (secondary N) is 1. The molecule has 0 aliphatic heterocycles. The van der Waals surface area contributed by atoms with Crippen molar-refractivity contribution in [3.8, 4) is 5.75 Å². The Labute approximate surface area is 127 Å². The van der Waals surface area contributed by atoms with Crippen molar-refractivity contribution in [2.45, 2.75) is 5.75 Å². The molecule has 0 spiro atoms. The van der Waals surface area contributed by atoms with Gasteiger partial charge in [0.2, 0.25) is 0 Å². The van der Waals surface area contributed by atoms with Crippen LogP contribution in [0.25, 0.3) is 0 Å². The maximum Gasteiger partial charge on any atom is 0.257 e. The number of benzene rings is 1. The Hall–Kier alpha value is -1.46. The van der Waals surface area contributed by atoms with Gasteiger partial charge < -0.3 is 10.1 Å². The molecule has 0 radical (unpaired) electrons. The summed E-state index contributed by atoms with van der Waals surface area (Å²) in [4.78, 5) is 12.9. The van der Waals surface area contributed by atoms with Gasteiger partial charge in [0.1, 0.15) is 5.75 Å². The van der Waals surface area contributed by atoms with Gasteiger partial charge in [0.15, 0.2) is 6.61 Å². The fraction of sp³-hybridized carbons (Fsp3) is 0.267. The Bertz CT molecular complexity index is 500. The number of thiophene rings is 1. The predicted octanol–water partition coefficient (Wildman–Crippen LogP) is 3.18. The standard InChI is InChI=1S/C15H17NO2S2/c17-15(11-18-13-5-2-1-3-6-13)16-8-10-19-12-14-7-4-9-20-14/h1-7,9H,8,10-12H2,(H,16,17). The van der Waals surface area contributed by atoms with Crippen molar-refractivity contribution in [1.82, 2.24) is 5.32 Å². The minimum Gasteiger partial charge on any atom is -0.484 e. The largest absolute Gasteiger partial charge is 0.484 e. The Morgan fingerprint density at radius 1 is 1.20 bits per heavy atom. The average molecular weight is 307 g/mol. The summed E-state index contributed by atoms with van der Waals surface area (Å²) in [5.74, 6) is 2.56. The number of ether oxygens (including phenoxy) is 1. The van der Waals surface area contributed by atoms with Crippen LogP contribution in [0.3, 0.4) is 0 Å². The third kappa shape index (κ3) is 5.67. The van der Waals surface area contributed by atoms with E-state index in [9.17, 15) is 4.79 Å². The van der Waals surface area contributed by atoms with E-state index in [-0.39, 0.29) is 12.5 Å². The fourth-order valence-electron chi connectivity index (χ4n) is 1.55. The topological polar surface area (TPSA) is 38.3 Å². The van der Waals surface area contributed by atoms with E-state index in [1.807, 2.05) is 42.1 Å². The van der Waals surface area contributed by atoms with Gasteiger partial charge in [-0.05, 0) is 23.6 Å². The van der Waals surface area contributed by atoms with Gasteiger partial charge in [0.05, 0.1) is 0 Å². The van der Waals surface area contributed by atoms with Crippen LogP contribution >= 0.6 is 23.1 Å². The number of carbonyl (C=O) groups excluding carboxylic acids is 1. The summed E-state index contributed by atoms with van der Waals surface area (Å²) in [6.45, 7) is 0.743. The number of carbonyl (C=O) groups is 1. The highest BCUT2D eigenvalue weighted by atomic mass is 32.2. The van der Waals surface area contributed by atoms with Crippen molar-refractivity contribution in [2.24, 2.45) is 0 Å². The summed E-state index contributed by atoms with van der Waals surface area (Å²) < 4.78 is 5.37. The van der Waals surface area contributed by atoms with Crippen LogP contribution in [0.15, 0.2) is 47.8 Å². The van der Waals surface area contributed by atoms with E-state index in [1.54, 1.807) is 11.3 Å². The summed E-state index contributed by atoms with van der Waals surface area (Å²) in [5.41, 5.74) is 0. The second-order valence-electron chi connectivity index (χ2n) is 4.08. The lowest BCUT2D eigenvalue weighted by molar-refractivity contribution is -0.122. The van der Waals surface area contributed by atoms with Crippen molar-refractivity contribution in [2.75, 3.05) is 18.9 Å². The molecule has 0 saturated carbocycles. The van der Waals surface area contributed by atoms with Gasteiger partial charge in [-0.3, -0.25) is 4.79 Å². The van der Waals surface area contributed by atoms with Gasteiger partial charge in [-0.2, -0.15) is 11.8 Å². The van der Waals surface area contributed by atoms with Gasteiger partial charge in [0, 0.05) is 22.9 Å². The molecular formula is C15H17NO2S2. The number of para-hydroxylation sites is 1. The zero-order chi connectivity index (χ0) is 14.0. The van der Waals surface area contributed by atoms with E-state index in [4.69, 9.17) is 4.74 Å². The summed E-state index contributed by atoms with van der Waals surface area (Å²) >= 11 is 3.59. The number of rotatable bonds is 8. The van der Waals surface area contributed by atoms with Gasteiger partial charge in [-0.1, -0.05) is 24.3 Å². The average Bonchev–Trinajstić information content (AvgIpc) is 2.99. The first-order valence-corrected chi connectivity index (χ1v) is 8.43. The first-order valence-electron chi connectivity index (χ1n) is 6.39. The van der Waals surface area contributed by atoms with E-state index < -0.39 is 0 Å². The number of thioether (sulfide) groups is 1. The van der Waals surface area contributed by atoms with Crippen LogP contribution in [0.2, 0.25) is 0 Å². The van der Waals surface area contributed by atoms with Crippen molar-refractivity contribution in [3.63, 3.8) is 0 Å². The molecule has 20 heavy (non-hydrogen) atoms. The van der Waals surface area contributed by atoms with Crippen molar-refractivity contribution in [3.05, 3.63) is 52.7 Å². The fourth-order valence-corrected chi connectivity index (χ4v) is 3.25. The highest BCUT2D eigenvalue weighted by Crippen LogP contribution is 2.16. The smallest absolute Gasteiger partial charge is 0.257 e. The Morgan fingerprint density at radius 2 is 2.05 bits per heavy atom. The van der Waals surface area contributed by atoms with Crippen LogP contribution in [-0.4, -0.2) is 24.8 Å². The van der Waals surface area contributed by atoms with Gasteiger partial charge in [-0.25, -0.2) is 0 Å². The molecule has 1 aromatic heterocycles. The van der Waals surface area contributed by atoms with E-state index in [1.165, 1.54) is 4.88 Å². The third-order valence-corrected chi connectivity index (χ3v) is 4.57. The molecule has 1 aromatic carbocycles. The molecule has 2 rings (SSSR count). The molecule has 0 unspecified atom stereocenters. The molecule has 0 aliphatic rings. The van der Waals surface area contributed by atoms with E-state index in [0.717, 1.165) is 17.3 Å². The highest BCUT2D eigenvalue weighted by Gasteiger charge is 2.02. The normalized spacial score (nSPS) is 10.2. The van der Waals surface area contributed by atoms with Crippen LogP contribution in [0.1, 0.15) is 4.88 Å². The maximum absolute atomic E-state index is 11.6. The van der Waals surface area contributed by atoms with Crippen LogP contribution in [0.4, 0.5) is 0 Å². The lowest BCUT2D eigenvalue weighted by atomic mass is 10.3. The SMILES string of the molecule is O=C(COc1ccccc1)NCCSCc1cccs1. The van der Waals surface area contributed by atoms with E-state index in [0.29, 0.717) is 6.54 Å². The summed E-state index contributed by atoms with van der Waals surface area (Å²) in [5, 5.41) is 4.93. The number of hydrogen-bond donors (Lipinski definition) is 1. The summed E-state index contributed by atoms with van der Waals surface area (Å²) in [6, 6.07) is 13.5. The Balaban J connectivity index is 1.52. The third-order valence-electron chi connectivity index (χ3n) is 2.51. The van der Waals surface area contributed by atoms with Crippen LogP contribution in [-0.2, 0) is 10.5 Å². The van der Waals surface area contributed by atoms with Crippen molar-refractivity contribution >= 4 is 29.0 Å². The summed E-state index contributed by atoms with van der Waals surface area (Å²) in [7, 11) is 0. The van der Waals surface area contributed by atoms with E-state index in [2.05, 4.69) is 22.8 Å². The Kier molecular flexibility index (Phi) is 6.47. The maximum atomic E-state index is 11.6. The highest BCUT2D eigenvalue weighted by molar-refractivity contribution is 7.98. The molecule has 0 bridgehead atoms. The van der Waals surface area contributed by atoms with Gasteiger partial charge in [-0.15, -0.1) is 11.3 Å². The second-order valence-corrected chi connectivity index (χ2v) is 6.22. The first kappa shape index (κ1) is 14.9. The molecule has 2 aromatic rings. The quantitative estimate of drug-likeness (QED) is 0.761. The second kappa shape index (κ2) is 8.66. The van der Waals surface area contributed by atoms with Crippen LogP contribution < -0.4 is 10.1 Å². The Morgan fingerprint density at radius 3 is 2.80 bits per heavy atom. The molecule has 0 saturated heterocycles.